The van der Waals surface area contributed by atoms with Gasteiger partial charge in [-0.2, -0.15) is 0 Å². The zero-order valence-electron chi connectivity index (χ0n) is 23.2. The number of piperidine rings is 1. The van der Waals surface area contributed by atoms with Crippen LogP contribution in [0.3, 0.4) is 0 Å². The van der Waals surface area contributed by atoms with Crippen molar-refractivity contribution >= 4 is 42.2 Å². The number of nitrogens with zero attached hydrogens (tertiary/aromatic N) is 4. The van der Waals surface area contributed by atoms with Crippen molar-refractivity contribution in [2.45, 2.75) is 38.1 Å². The third-order valence-corrected chi connectivity index (χ3v) is 8.40. The number of nitrogens with one attached hydrogen (secondary N) is 1. The second kappa shape index (κ2) is 12.4. The average molecular weight is 548 g/mol. The number of hydrogen-bond donors (Lipinski definition) is 1. The van der Waals surface area contributed by atoms with Gasteiger partial charge in [0.2, 0.25) is 0 Å². The van der Waals surface area contributed by atoms with Gasteiger partial charge in [0.25, 0.3) is 0 Å². The molecular weight excluding hydrogens is 512 g/mol. The number of pyridine rings is 1. The first kappa shape index (κ1) is 28.1. The van der Waals surface area contributed by atoms with Crippen molar-refractivity contribution in [2.24, 2.45) is 5.92 Å². The molecule has 3 heterocycles. The molecule has 0 unspecified atom stereocenters. The Morgan fingerprint density at radius 1 is 0.975 bits per heavy atom. The first-order valence-corrected chi connectivity index (χ1v) is 14.0. The van der Waals surface area contributed by atoms with Crippen molar-refractivity contribution in [1.29, 1.82) is 0 Å². The molecule has 9 nitrogen and oxygen atoms in total. The maximum atomic E-state index is 13.6. The van der Waals surface area contributed by atoms with Crippen molar-refractivity contribution < 1.29 is 23.5 Å². The number of piperazine rings is 1. The summed E-state index contributed by atoms with van der Waals surface area (Å²) in [6, 6.07) is 8.22. The van der Waals surface area contributed by atoms with Gasteiger partial charge in [-0.15, -0.1) is 0 Å². The molecule has 1 aromatic heterocycles. The second-order valence-electron chi connectivity index (χ2n) is 10.7. The van der Waals surface area contributed by atoms with Crippen molar-refractivity contribution in [3.63, 3.8) is 0 Å². The van der Waals surface area contributed by atoms with E-state index in [0.717, 1.165) is 75.0 Å². The molecule has 3 aliphatic rings. The minimum absolute atomic E-state index is 0.188. The van der Waals surface area contributed by atoms with Gasteiger partial charge >= 0.3 is 219 Å². The summed E-state index contributed by atoms with van der Waals surface area (Å²) in [7, 11) is 9.58. The van der Waals surface area contributed by atoms with Crippen LogP contribution < -0.4 is 10.2 Å². The summed E-state index contributed by atoms with van der Waals surface area (Å²) in [6.07, 6.45) is 4.77. The number of ether oxygens (including phenoxy) is 2. The topological polar surface area (TPSA) is 87.2 Å². The van der Waals surface area contributed by atoms with Gasteiger partial charge < -0.3 is 4.74 Å². The van der Waals surface area contributed by atoms with Crippen molar-refractivity contribution in [1.82, 2.24) is 14.8 Å². The van der Waals surface area contributed by atoms with E-state index in [2.05, 4.69) is 20.1 Å². The van der Waals surface area contributed by atoms with Crippen LogP contribution in [0, 0.1) is 11.7 Å². The SMILES string of the molecule is [B]=C(c1c(N2CCC(N3CCN(C(=O)OC)CC3)CC2)cc(C(=O)OC)nc1Nc1ccc(F)cc1)C1CCC1. The van der Waals surface area contributed by atoms with E-state index in [4.69, 9.17) is 17.0 Å². The zero-order chi connectivity index (χ0) is 28.2. The van der Waals surface area contributed by atoms with E-state index < -0.39 is 5.97 Å². The molecule has 1 aliphatic carbocycles. The Kier molecular flexibility index (Phi) is 8.68. The summed E-state index contributed by atoms with van der Waals surface area (Å²) in [4.78, 5) is 35.7. The van der Waals surface area contributed by atoms with E-state index in [1.165, 1.54) is 26.4 Å². The number of hydrogen-bond acceptors (Lipinski definition) is 8. The van der Waals surface area contributed by atoms with Gasteiger partial charge in [-0.25, -0.2) is 4.79 Å². The predicted octanol–water partition coefficient (Wildman–Crippen LogP) is 3.59. The van der Waals surface area contributed by atoms with Crippen LogP contribution in [-0.2, 0) is 9.47 Å². The Bertz CT molecular complexity index is 1240. The fourth-order valence-corrected chi connectivity index (χ4v) is 5.83. The second-order valence-corrected chi connectivity index (χ2v) is 10.7. The number of halogens is 1. The van der Waals surface area contributed by atoms with Crippen LogP contribution >= 0.6 is 0 Å². The molecular formula is C29H36BFN5O4. The van der Waals surface area contributed by atoms with Crippen LogP contribution in [0.25, 0.3) is 0 Å². The minimum atomic E-state index is -0.532. The molecule has 1 N–H and O–H groups in total. The molecule has 1 saturated carbocycles. The third-order valence-electron chi connectivity index (χ3n) is 8.40. The average Bonchev–Trinajstić information content (AvgIpc) is 2.96. The van der Waals surface area contributed by atoms with Crippen LogP contribution in [0.15, 0.2) is 30.3 Å². The van der Waals surface area contributed by atoms with Gasteiger partial charge in [-0.05, 0) is 0 Å². The summed E-state index contributed by atoms with van der Waals surface area (Å²) < 4.78 is 23.5. The number of methoxy groups -OCH3 is 2. The van der Waals surface area contributed by atoms with Crippen LogP contribution in [0.1, 0.15) is 48.2 Å². The van der Waals surface area contributed by atoms with Crippen LogP contribution in [0.4, 0.5) is 26.4 Å². The van der Waals surface area contributed by atoms with E-state index in [-0.39, 0.29) is 23.5 Å². The summed E-state index contributed by atoms with van der Waals surface area (Å²) in [5.74, 6) is -0.148. The fraction of sp³-hybridized carbons (Fsp3) is 0.517. The van der Waals surface area contributed by atoms with Gasteiger partial charge in [0.1, 0.15) is 0 Å². The van der Waals surface area contributed by atoms with Crippen LogP contribution in [0.2, 0.25) is 0 Å². The molecule has 0 bridgehead atoms. The number of carbonyl (C=O) groups is 2. The van der Waals surface area contributed by atoms with Crippen molar-refractivity contribution in [2.75, 3.05) is 63.7 Å². The van der Waals surface area contributed by atoms with Gasteiger partial charge in [-0.3, -0.25) is 0 Å². The number of amides is 1. The summed E-state index contributed by atoms with van der Waals surface area (Å²) in [6.45, 7) is 4.53. The first-order valence-electron chi connectivity index (χ1n) is 14.0. The summed E-state index contributed by atoms with van der Waals surface area (Å²) >= 11 is 0. The molecule has 1 aromatic carbocycles. The Labute approximate surface area is 235 Å². The Hall–Kier alpha value is -3.47. The molecule has 2 aromatic rings. The zero-order valence-corrected chi connectivity index (χ0v) is 23.2. The predicted molar refractivity (Wildman–Crippen MR) is 153 cm³/mol. The Morgan fingerprint density at radius 3 is 2.23 bits per heavy atom. The molecule has 1 amide bonds. The standard InChI is InChI=1S/C29H36BFN5O4/c1-39-28(37)23-18-24(35-12-10-22(11-13-35)34-14-16-36(17-15-34)29(38)40-2)25(26(30)19-4-3-5-19)27(33-23)32-21-8-6-20(31)7-9-21/h6-9,18-19,22H,3-5,10-17H2,1-2H3,(H,32,33). The van der Waals surface area contributed by atoms with E-state index in [0.29, 0.717) is 30.6 Å². The van der Waals surface area contributed by atoms with Gasteiger partial charge in [0, 0.05) is 0 Å². The molecule has 1 radical (unpaired) electrons. The molecule has 0 spiro atoms. The van der Waals surface area contributed by atoms with E-state index in [1.54, 1.807) is 23.1 Å². The Balaban J connectivity index is 1.41. The maximum absolute atomic E-state index is 13.6. The van der Waals surface area contributed by atoms with Crippen molar-refractivity contribution in [3.05, 3.63) is 47.4 Å². The van der Waals surface area contributed by atoms with Gasteiger partial charge in [-0.1, -0.05) is 0 Å². The van der Waals surface area contributed by atoms with E-state index >= 15 is 0 Å². The number of carbonyl (C=O) groups excluding carboxylic acids is 2. The first-order chi connectivity index (χ1) is 19.4. The van der Waals surface area contributed by atoms with Gasteiger partial charge in [0.05, 0.1) is 7.11 Å². The fourth-order valence-electron chi connectivity index (χ4n) is 5.83. The summed E-state index contributed by atoms with van der Waals surface area (Å²) in [5, 5.41) is 3.30. The summed E-state index contributed by atoms with van der Waals surface area (Å²) in [5.41, 5.74) is 3.25. The number of benzene rings is 1. The van der Waals surface area contributed by atoms with E-state index in [9.17, 15) is 14.0 Å². The molecule has 0 atom stereocenters. The van der Waals surface area contributed by atoms with Crippen LogP contribution in [0.5, 0.6) is 0 Å². The number of anilines is 3. The number of rotatable bonds is 7. The Morgan fingerprint density at radius 2 is 1.65 bits per heavy atom. The normalized spacial score (nSPS) is 18.6. The molecule has 2 saturated heterocycles. The van der Waals surface area contributed by atoms with Gasteiger partial charge in [0.15, 0.2) is 0 Å². The molecule has 2 aliphatic heterocycles. The quantitative estimate of drug-likeness (QED) is 0.415. The number of esters is 1. The molecule has 3 fully saturated rings. The molecule has 211 valence electrons. The molecule has 5 rings (SSSR count). The third kappa shape index (κ3) is 5.99. The van der Waals surface area contributed by atoms with E-state index in [1.807, 2.05) is 0 Å². The van der Waals surface area contributed by atoms with Crippen LogP contribution in [-0.4, -0.2) is 99.3 Å². The van der Waals surface area contributed by atoms with Crippen molar-refractivity contribution in [3.8, 4) is 0 Å². The molecule has 40 heavy (non-hydrogen) atoms. The number of aromatic nitrogens is 1. The monoisotopic (exact) mass is 548 g/mol. The molecule has 11 heteroatoms.